The number of primary sulfonamides is 1. The summed E-state index contributed by atoms with van der Waals surface area (Å²) in [5, 5.41) is 11.2. The van der Waals surface area contributed by atoms with E-state index in [1.807, 2.05) is 0 Å². The van der Waals surface area contributed by atoms with Crippen LogP contribution in [0.3, 0.4) is 0 Å². The Balaban J connectivity index is 1.86. The third-order valence-corrected chi connectivity index (χ3v) is 4.92. The van der Waals surface area contributed by atoms with E-state index >= 15 is 0 Å². The van der Waals surface area contributed by atoms with Gasteiger partial charge in [-0.25, -0.2) is 13.6 Å². The molecule has 8 heteroatoms. The standard InChI is InChI=1S/C19H26N4O3S/c1-14(2)7-10-23-19(24)18-13-16(9-12-22-18)21-11-8-15-3-5-17(6-4-15)27(20,25)26/h3-6,9,12-14H,7-8,10-11H2,1-2H3,(H,21,22)(H,23,24)(H2,20,25,26). The summed E-state index contributed by atoms with van der Waals surface area (Å²) in [5.74, 6) is 0.350. The zero-order valence-electron chi connectivity index (χ0n) is 15.6. The van der Waals surface area contributed by atoms with Crippen LogP contribution >= 0.6 is 0 Å². The molecule has 4 N–H and O–H groups in total. The van der Waals surface area contributed by atoms with E-state index in [1.54, 1.807) is 30.5 Å². The van der Waals surface area contributed by atoms with Gasteiger partial charge in [0.1, 0.15) is 5.69 Å². The van der Waals surface area contributed by atoms with Crippen LogP contribution in [-0.2, 0) is 16.4 Å². The van der Waals surface area contributed by atoms with Gasteiger partial charge in [0.2, 0.25) is 10.0 Å². The first kappa shape index (κ1) is 20.9. The molecule has 0 bridgehead atoms. The molecular formula is C19H26N4O3S. The smallest absolute Gasteiger partial charge is 0.269 e. The highest BCUT2D eigenvalue weighted by Gasteiger charge is 2.08. The van der Waals surface area contributed by atoms with Gasteiger partial charge >= 0.3 is 0 Å². The number of amides is 1. The van der Waals surface area contributed by atoms with Crippen molar-refractivity contribution in [2.75, 3.05) is 18.4 Å². The fourth-order valence-corrected chi connectivity index (χ4v) is 2.94. The van der Waals surface area contributed by atoms with Gasteiger partial charge in [0.05, 0.1) is 4.90 Å². The highest BCUT2D eigenvalue weighted by molar-refractivity contribution is 7.89. The monoisotopic (exact) mass is 390 g/mol. The molecule has 0 radical (unpaired) electrons. The number of rotatable bonds is 9. The van der Waals surface area contributed by atoms with Crippen molar-refractivity contribution in [3.63, 3.8) is 0 Å². The molecule has 1 amide bonds. The number of nitrogens with zero attached hydrogens (tertiary/aromatic N) is 1. The Hall–Kier alpha value is -2.45. The second kappa shape index (κ2) is 9.48. The molecule has 27 heavy (non-hydrogen) atoms. The number of hydrogen-bond acceptors (Lipinski definition) is 5. The van der Waals surface area contributed by atoms with Crippen LogP contribution in [0.2, 0.25) is 0 Å². The average molecular weight is 391 g/mol. The second-order valence-electron chi connectivity index (χ2n) is 6.73. The number of aromatic nitrogens is 1. The highest BCUT2D eigenvalue weighted by Crippen LogP contribution is 2.11. The summed E-state index contributed by atoms with van der Waals surface area (Å²) in [4.78, 5) is 16.3. The Kier molecular flexibility index (Phi) is 7.32. The largest absolute Gasteiger partial charge is 0.385 e. The molecule has 1 aromatic carbocycles. The molecule has 0 atom stereocenters. The molecule has 7 nitrogen and oxygen atoms in total. The predicted octanol–water partition coefficient (Wildman–Crippen LogP) is 2.16. The Bertz CT molecular complexity index is 865. The molecule has 2 aromatic rings. The average Bonchev–Trinajstić information content (AvgIpc) is 2.61. The van der Waals surface area contributed by atoms with Gasteiger partial charge in [-0.05, 0) is 48.6 Å². The number of nitrogens with two attached hydrogens (primary N) is 1. The van der Waals surface area contributed by atoms with Crippen LogP contribution in [0.5, 0.6) is 0 Å². The van der Waals surface area contributed by atoms with Gasteiger partial charge in [0.15, 0.2) is 0 Å². The maximum Gasteiger partial charge on any atom is 0.269 e. The van der Waals surface area contributed by atoms with Crippen molar-refractivity contribution in [3.8, 4) is 0 Å². The molecule has 0 unspecified atom stereocenters. The molecule has 2 rings (SSSR count). The summed E-state index contributed by atoms with van der Waals surface area (Å²) in [6.45, 7) is 5.48. The number of carbonyl (C=O) groups excluding carboxylic acids is 1. The van der Waals surface area contributed by atoms with Crippen molar-refractivity contribution in [2.24, 2.45) is 11.1 Å². The minimum absolute atomic E-state index is 0.0986. The van der Waals surface area contributed by atoms with E-state index in [2.05, 4.69) is 29.5 Å². The minimum Gasteiger partial charge on any atom is -0.385 e. The van der Waals surface area contributed by atoms with E-state index in [1.165, 1.54) is 12.1 Å². The number of carbonyl (C=O) groups is 1. The van der Waals surface area contributed by atoms with Crippen molar-refractivity contribution >= 4 is 21.6 Å². The fraction of sp³-hybridized carbons (Fsp3) is 0.368. The van der Waals surface area contributed by atoms with Gasteiger partial charge in [-0.15, -0.1) is 0 Å². The number of pyridine rings is 1. The van der Waals surface area contributed by atoms with E-state index in [9.17, 15) is 13.2 Å². The van der Waals surface area contributed by atoms with Crippen molar-refractivity contribution in [1.29, 1.82) is 0 Å². The van der Waals surface area contributed by atoms with Crippen LogP contribution in [0, 0.1) is 5.92 Å². The lowest BCUT2D eigenvalue weighted by molar-refractivity contribution is 0.0947. The first-order valence-corrected chi connectivity index (χ1v) is 10.4. The lowest BCUT2D eigenvalue weighted by Gasteiger charge is -2.09. The fourth-order valence-electron chi connectivity index (χ4n) is 2.43. The predicted molar refractivity (Wildman–Crippen MR) is 106 cm³/mol. The molecule has 0 fully saturated rings. The molecular weight excluding hydrogens is 364 g/mol. The third-order valence-electron chi connectivity index (χ3n) is 3.99. The Morgan fingerprint density at radius 2 is 1.85 bits per heavy atom. The summed E-state index contributed by atoms with van der Waals surface area (Å²) < 4.78 is 22.5. The third kappa shape index (κ3) is 6.99. The van der Waals surface area contributed by atoms with Crippen LogP contribution < -0.4 is 15.8 Å². The zero-order valence-corrected chi connectivity index (χ0v) is 16.4. The minimum atomic E-state index is -3.67. The molecule has 0 aliphatic carbocycles. The molecule has 0 spiro atoms. The van der Waals surface area contributed by atoms with Crippen molar-refractivity contribution in [3.05, 3.63) is 53.9 Å². The summed E-state index contributed by atoms with van der Waals surface area (Å²) in [5.41, 5.74) is 2.16. The number of hydrogen-bond donors (Lipinski definition) is 3. The summed E-state index contributed by atoms with van der Waals surface area (Å²) in [6, 6.07) is 9.99. The van der Waals surface area contributed by atoms with Crippen molar-refractivity contribution < 1.29 is 13.2 Å². The van der Waals surface area contributed by atoms with E-state index in [0.717, 1.165) is 17.7 Å². The Morgan fingerprint density at radius 3 is 2.48 bits per heavy atom. The van der Waals surface area contributed by atoms with E-state index < -0.39 is 10.0 Å². The topological polar surface area (TPSA) is 114 Å². The van der Waals surface area contributed by atoms with Crippen LogP contribution in [0.4, 0.5) is 5.69 Å². The molecule has 1 heterocycles. The lowest BCUT2D eigenvalue weighted by atomic mass is 10.1. The maximum absolute atomic E-state index is 12.1. The summed E-state index contributed by atoms with van der Waals surface area (Å²) in [6.07, 6.45) is 3.22. The van der Waals surface area contributed by atoms with Gasteiger partial charge in [0, 0.05) is 25.0 Å². The van der Waals surface area contributed by atoms with Crippen LogP contribution in [0.15, 0.2) is 47.5 Å². The number of sulfonamides is 1. The SMILES string of the molecule is CC(C)CCNC(=O)c1cc(NCCc2ccc(S(N)(=O)=O)cc2)ccn1. The van der Waals surface area contributed by atoms with Gasteiger partial charge < -0.3 is 10.6 Å². The van der Waals surface area contributed by atoms with Crippen molar-refractivity contribution in [2.45, 2.75) is 31.6 Å². The van der Waals surface area contributed by atoms with E-state index in [4.69, 9.17) is 5.14 Å². The Morgan fingerprint density at radius 1 is 1.15 bits per heavy atom. The van der Waals surface area contributed by atoms with Crippen LogP contribution in [0.1, 0.15) is 36.3 Å². The Labute approximate surface area is 160 Å². The van der Waals surface area contributed by atoms with Gasteiger partial charge in [-0.3, -0.25) is 9.78 Å². The number of nitrogens with one attached hydrogen (secondary N) is 2. The highest BCUT2D eigenvalue weighted by atomic mass is 32.2. The molecule has 0 aliphatic heterocycles. The van der Waals surface area contributed by atoms with E-state index in [-0.39, 0.29) is 10.8 Å². The van der Waals surface area contributed by atoms with Crippen LogP contribution in [-0.4, -0.2) is 32.4 Å². The van der Waals surface area contributed by atoms with Crippen molar-refractivity contribution in [1.82, 2.24) is 10.3 Å². The summed E-state index contributed by atoms with van der Waals surface area (Å²) in [7, 11) is -3.67. The zero-order chi connectivity index (χ0) is 19.9. The molecule has 0 saturated heterocycles. The van der Waals surface area contributed by atoms with Gasteiger partial charge in [-0.1, -0.05) is 26.0 Å². The quantitative estimate of drug-likeness (QED) is 0.607. The first-order chi connectivity index (χ1) is 12.8. The molecule has 1 aromatic heterocycles. The molecule has 0 aliphatic rings. The molecule has 146 valence electrons. The summed E-state index contributed by atoms with van der Waals surface area (Å²) >= 11 is 0. The normalized spacial score (nSPS) is 11.4. The second-order valence-corrected chi connectivity index (χ2v) is 8.30. The van der Waals surface area contributed by atoms with Gasteiger partial charge in [0.25, 0.3) is 5.91 Å². The lowest BCUT2D eigenvalue weighted by Crippen LogP contribution is -2.26. The molecule has 0 saturated carbocycles. The van der Waals surface area contributed by atoms with Crippen LogP contribution in [0.25, 0.3) is 0 Å². The number of benzene rings is 1. The van der Waals surface area contributed by atoms with E-state index in [0.29, 0.717) is 31.1 Å². The number of anilines is 1. The van der Waals surface area contributed by atoms with Gasteiger partial charge in [-0.2, -0.15) is 0 Å². The first-order valence-electron chi connectivity index (χ1n) is 8.85. The maximum atomic E-state index is 12.1.